The minimum atomic E-state index is -0.381. The number of carbonyl (C=O) groups is 1. The second-order valence-electron chi connectivity index (χ2n) is 3.82. The Balaban J connectivity index is 2.20. The third kappa shape index (κ3) is 3.33. The van der Waals surface area contributed by atoms with Crippen molar-refractivity contribution >= 4 is 49.1 Å². The Morgan fingerprint density at radius 3 is 2.47 bits per heavy atom. The molecule has 0 aliphatic rings. The third-order valence-corrected chi connectivity index (χ3v) is 3.73. The second kappa shape index (κ2) is 5.71. The molecule has 0 heterocycles. The zero-order valence-electron chi connectivity index (χ0n) is 9.58. The Morgan fingerprint density at radius 2 is 1.84 bits per heavy atom. The van der Waals surface area contributed by atoms with E-state index in [9.17, 15) is 9.18 Å². The lowest BCUT2D eigenvalue weighted by Gasteiger charge is -2.07. The van der Waals surface area contributed by atoms with E-state index in [0.29, 0.717) is 25.9 Å². The second-order valence-corrected chi connectivity index (χ2v) is 5.53. The van der Waals surface area contributed by atoms with Gasteiger partial charge in [0.2, 0.25) is 0 Å². The van der Waals surface area contributed by atoms with Crippen LogP contribution in [0.3, 0.4) is 0 Å². The van der Waals surface area contributed by atoms with Gasteiger partial charge in [-0.2, -0.15) is 0 Å². The normalized spacial score (nSPS) is 10.3. The van der Waals surface area contributed by atoms with Gasteiger partial charge in [-0.15, -0.1) is 0 Å². The molecule has 19 heavy (non-hydrogen) atoms. The fourth-order valence-corrected chi connectivity index (χ4v) is 2.20. The monoisotopic (exact) mass is 386 g/mol. The predicted octanol–water partition coefficient (Wildman–Crippen LogP) is 4.19. The van der Waals surface area contributed by atoms with Gasteiger partial charge in [-0.25, -0.2) is 4.39 Å². The van der Waals surface area contributed by atoms with Crippen LogP contribution in [0.25, 0.3) is 0 Å². The topological polar surface area (TPSA) is 55.1 Å². The van der Waals surface area contributed by atoms with Crippen molar-refractivity contribution < 1.29 is 9.18 Å². The fraction of sp³-hybridized carbons (Fsp3) is 0. The van der Waals surface area contributed by atoms with Crippen molar-refractivity contribution in [2.24, 2.45) is 0 Å². The zero-order valence-corrected chi connectivity index (χ0v) is 12.8. The number of hydrogen-bond donors (Lipinski definition) is 2. The first kappa shape index (κ1) is 14.0. The van der Waals surface area contributed by atoms with Gasteiger partial charge in [-0.3, -0.25) is 4.79 Å². The van der Waals surface area contributed by atoms with Gasteiger partial charge in [0, 0.05) is 21.4 Å². The molecule has 98 valence electrons. The number of rotatable bonds is 2. The Morgan fingerprint density at radius 1 is 1.11 bits per heavy atom. The summed E-state index contributed by atoms with van der Waals surface area (Å²) in [6.07, 6.45) is 0. The van der Waals surface area contributed by atoms with E-state index < -0.39 is 0 Å². The molecule has 2 aromatic carbocycles. The maximum Gasteiger partial charge on any atom is 0.255 e. The van der Waals surface area contributed by atoms with Gasteiger partial charge in [0.25, 0.3) is 5.91 Å². The van der Waals surface area contributed by atoms with Crippen LogP contribution in [0.1, 0.15) is 10.4 Å². The summed E-state index contributed by atoms with van der Waals surface area (Å²) in [5.41, 5.74) is 7.17. The van der Waals surface area contributed by atoms with Crippen LogP contribution in [-0.2, 0) is 0 Å². The lowest BCUT2D eigenvalue weighted by Crippen LogP contribution is -2.12. The first-order chi connectivity index (χ1) is 8.97. The minimum Gasteiger partial charge on any atom is -0.398 e. The first-order valence-corrected chi connectivity index (χ1v) is 6.87. The number of carbonyl (C=O) groups excluding carboxylic acids is 1. The molecule has 0 saturated carbocycles. The molecular formula is C13H9Br2FN2O. The van der Waals surface area contributed by atoms with Gasteiger partial charge in [0.15, 0.2) is 0 Å². The Labute approximate surface area is 126 Å². The quantitative estimate of drug-likeness (QED) is 0.759. The van der Waals surface area contributed by atoms with Gasteiger partial charge in [0.1, 0.15) is 5.82 Å². The van der Waals surface area contributed by atoms with E-state index >= 15 is 0 Å². The first-order valence-electron chi connectivity index (χ1n) is 5.29. The number of amides is 1. The van der Waals surface area contributed by atoms with Crippen LogP contribution >= 0.6 is 31.9 Å². The van der Waals surface area contributed by atoms with E-state index in [1.165, 1.54) is 18.2 Å². The summed E-state index contributed by atoms with van der Waals surface area (Å²) < 4.78 is 14.0. The number of anilines is 2. The van der Waals surface area contributed by atoms with Crippen LogP contribution < -0.4 is 11.1 Å². The Hall–Kier alpha value is -1.40. The standard InChI is InChI=1S/C13H9Br2FN2O/c14-9-6-8(2-3-11(9)16)18-13(19)7-1-4-12(17)10(15)5-7/h1-6H,17H2,(H,18,19). The van der Waals surface area contributed by atoms with Crippen molar-refractivity contribution in [2.45, 2.75) is 0 Å². The zero-order chi connectivity index (χ0) is 14.0. The lowest BCUT2D eigenvalue weighted by atomic mass is 10.2. The summed E-state index contributed by atoms with van der Waals surface area (Å²) in [6.45, 7) is 0. The van der Waals surface area contributed by atoms with Gasteiger partial charge >= 0.3 is 0 Å². The number of nitrogens with one attached hydrogen (secondary N) is 1. The summed E-state index contributed by atoms with van der Waals surface area (Å²) in [5, 5.41) is 2.68. The number of nitrogen functional groups attached to an aromatic ring is 1. The van der Waals surface area contributed by atoms with E-state index in [1.807, 2.05) is 0 Å². The SMILES string of the molecule is Nc1ccc(C(=O)Nc2ccc(F)c(Br)c2)cc1Br. The highest BCUT2D eigenvalue weighted by molar-refractivity contribution is 9.10. The van der Waals surface area contributed by atoms with E-state index in [-0.39, 0.29) is 11.7 Å². The summed E-state index contributed by atoms with van der Waals surface area (Å²) in [6, 6.07) is 9.15. The Bertz CT molecular complexity index is 647. The maximum absolute atomic E-state index is 13.1. The average molecular weight is 388 g/mol. The molecular weight excluding hydrogens is 379 g/mol. The molecule has 0 unspecified atom stereocenters. The Kier molecular flexibility index (Phi) is 4.21. The summed E-state index contributed by atoms with van der Waals surface area (Å²) in [4.78, 5) is 12.0. The maximum atomic E-state index is 13.1. The number of nitrogens with two attached hydrogens (primary N) is 1. The van der Waals surface area contributed by atoms with Crippen molar-refractivity contribution in [1.29, 1.82) is 0 Å². The molecule has 2 rings (SSSR count). The largest absolute Gasteiger partial charge is 0.398 e. The minimum absolute atomic E-state index is 0.292. The van der Waals surface area contributed by atoms with Crippen molar-refractivity contribution in [3.63, 3.8) is 0 Å². The van der Waals surface area contributed by atoms with Gasteiger partial charge in [-0.05, 0) is 68.3 Å². The van der Waals surface area contributed by atoms with Crippen LogP contribution in [0.15, 0.2) is 45.3 Å². The molecule has 6 heteroatoms. The molecule has 2 aromatic rings. The van der Waals surface area contributed by atoms with Crippen molar-refractivity contribution in [2.75, 3.05) is 11.1 Å². The molecule has 0 bridgehead atoms. The van der Waals surface area contributed by atoms with E-state index in [0.717, 1.165) is 0 Å². The lowest BCUT2D eigenvalue weighted by molar-refractivity contribution is 0.102. The van der Waals surface area contributed by atoms with Crippen LogP contribution in [0, 0.1) is 5.82 Å². The number of benzene rings is 2. The van der Waals surface area contributed by atoms with Crippen LogP contribution in [0.2, 0.25) is 0 Å². The number of halogens is 3. The molecule has 0 spiro atoms. The average Bonchev–Trinajstić information content (AvgIpc) is 2.37. The smallest absolute Gasteiger partial charge is 0.255 e. The number of hydrogen-bond acceptors (Lipinski definition) is 2. The molecule has 0 aliphatic heterocycles. The molecule has 0 fully saturated rings. The van der Waals surface area contributed by atoms with Crippen molar-refractivity contribution in [1.82, 2.24) is 0 Å². The molecule has 0 aliphatic carbocycles. The van der Waals surface area contributed by atoms with Gasteiger partial charge < -0.3 is 11.1 Å². The van der Waals surface area contributed by atoms with E-state index in [1.54, 1.807) is 18.2 Å². The van der Waals surface area contributed by atoms with E-state index in [4.69, 9.17) is 5.73 Å². The molecule has 0 aromatic heterocycles. The molecule has 0 saturated heterocycles. The molecule has 3 N–H and O–H groups in total. The summed E-state index contributed by atoms with van der Waals surface area (Å²) in [5.74, 6) is -0.674. The van der Waals surface area contributed by atoms with Crippen LogP contribution in [0.4, 0.5) is 15.8 Å². The van der Waals surface area contributed by atoms with Crippen LogP contribution in [0.5, 0.6) is 0 Å². The van der Waals surface area contributed by atoms with Crippen molar-refractivity contribution in [3.8, 4) is 0 Å². The van der Waals surface area contributed by atoms with E-state index in [2.05, 4.69) is 37.2 Å². The fourth-order valence-electron chi connectivity index (χ4n) is 1.45. The molecule has 0 atom stereocenters. The molecule has 3 nitrogen and oxygen atoms in total. The molecule has 0 radical (unpaired) electrons. The summed E-state index contributed by atoms with van der Waals surface area (Å²) in [7, 11) is 0. The molecule has 1 amide bonds. The summed E-state index contributed by atoms with van der Waals surface area (Å²) >= 11 is 6.32. The highest BCUT2D eigenvalue weighted by Gasteiger charge is 2.09. The third-order valence-electron chi connectivity index (χ3n) is 2.44. The van der Waals surface area contributed by atoms with Crippen LogP contribution in [-0.4, -0.2) is 5.91 Å². The highest BCUT2D eigenvalue weighted by atomic mass is 79.9. The highest BCUT2D eigenvalue weighted by Crippen LogP contribution is 2.23. The predicted molar refractivity (Wildman–Crippen MR) is 80.6 cm³/mol. The van der Waals surface area contributed by atoms with Crippen molar-refractivity contribution in [3.05, 3.63) is 56.7 Å². The van der Waals surface area contributed by atoms with Gasteiger partial charge in [0.05, 0.1) is 4.47 Å². The van der Waals surface area contributed by atoms with Gasteiger partial charge in [-0.1, -0.05) is 0 Å².